The lowest BCUT2D eigenvalue weighted by Crippen LogP contribution is -2.31. The molecule has 10 heteroatoms. The summed E-state index contributed by atoms with van der Waals surface area (Å²) in [7, 11) is 0. The number of ether oxygens (including phenoxy) is 1. The van der Waals surface area contributed by atoms with Crippen molar-refractivity contribution in [2.75, 3.05) is 18.5 Å². The highest BCUT2D eigenvalue weighted by molar-refractivity contribution is 5.97. The second-order valence-corrected chi connectivity index (χ2v) is 7.65. The first-order valence-electron chi connectivity index (χ1n) is 10.5. The summed E-state index contributed by atoms with van der Waals surface area (Å²) in [6.07, 6.45) is 4.30. The molecule has 2 aromatic heterocycles. The maximum atomic E-state index is 14.4. The average Bonchev–Trinajstić information content (AvgIpc) is 3.55. The van der Waals surface area contributed by atoms with E-state index in [0.29, 0.717) is 22.7 Å². The number of Topliss-reactive ketones (excluding diaryl/α,β-unsaturated/α-hetero) is 1. The van der Waals surface area contributed by atoms with Crippen LogP contribution in [0.4, 0.5) is 14.9 Å². The van der Waals surface area contributed by atoms with E-state index in [2.05, 4.69) is 20.6 Å². The molecule has 33 heavy (non-hydrogen) atoms. The summed E-state index contributed by atoms with van der Waals surface area (Å²) >= 11 is 0. The summed E-state index contributed by atoms with van der Waals surface area (Å²) in [4.78, 5) is 32.2. The van der Waals surface area contributed by atoms with Crippen LogP contribution in [0.1, 0.15) is 42.1 Å². The van der Waals surface area contributed by atoms with Crippen molar-refractivity contribution in [1.29, 1.82) is 0 Å². The van der Waals surface area contributed by atoms with E-state index in [4.69, 9.17) is 14.3 Å². The van der Waals surface area contributed by atoms with Crippen LogP contribution < -0.4 is 15.4 Å². The molecule has 0 radical (unpaired) electrons. The van der Waals surface area contributed by atoms with Gasteiger partial charge in [0.05, 0.1) is 18.5 Å². The van der Waals surface area contributed by atoms with Gasteiger partial charge in [0.25, 0.3) is 0 Å². The topological polar surface area (TPSA) is 127 Å². The molecular formula is C23H23FN4O5. The van der Waals surface area contributed by atoms with Crippen molar-refractivity contribution in [3.63, 3.8) is 0 Å². The number of carbonyl (C=O) groups is 2. The molecule has 4 rings (SSSR count). The van der Waals surface area contributed by atoms with Crippen LogP contribution >= 0.6 is 0 Å². The van der Waals surface area contributed by atoms with Gasteiger partial charge in [0.2, 0.25) is 5.89 Å². The number of ketones is 1. The van der Waals surface area contributed by atoms with Crippen LogP contribution in [0.3, 0.4) is 0 Å². The fourth-order valence-electron chi connectivity index (χ4n) is 3.11. The molecule has 1 aliphatic carbocycles. The lowest BCUT2D eigenvalue weighted by atomic mass is 10.2. The van der Waals surface area contributed by atoms with Crippen LogP contribution in [0.5, 0.6) is 5.75 Å². The molecule has 1 fully saturated rings. The van der Waals surface area contributed by atoms with E-state index in [1.807, 2.05) is 0 Å². The summed E-state index contributed by atoms with van der Waals surface area (Å²) in [6, 6.07) is 6.87. The molecule has 1 aliphatic rings. The fraction of sp³-hybridized carbons (Fsp3) is 0.304. The quantitative estimate of drug-likeness (QED) is 0.421. The molecule has 1 atom stereocenters. The number of rotatable bonds is 9. The zero-order valence-electron chi connectivity index (χ0n) is 17.9. The first kappa shape index (κ1) is 22.4. The number of hydrogen-bond donors (Lipinski definition) is 3. The SMILES string of the molecule is CC(Oc1ccc(C(=O)C2CC2)nc1)c1coc(-c2ccc(NC(=O)NCCO)c(F)c2)n1. The number of nitrogens with one attached hydrogen (secondary N) is 2. The maximum absolute atomic E-state index is 14.4. The Morgan fingerprint density at radius 1 is 1.30 bits per heavy atom. The number of urea groups is 1. The number of anilines is 1. The smallest absolute Gasteiger partial charge is 0.319 e. The van der Waals surface area contributed by atoms with E-state index >= 15 is 0 Å². The van der Waals surface area contributed by atoms with Crippen LogP contribution in [0.25, 0.3) is 11.5 Å². The Bertz CT molecular complexity index is 1140. The second kappa shape index (κ2) is 9.78. The average molecular weight is 454 g/mol. The largest absolute Gasteiger partial charge is 0.483 e. The molecule has 0 aliphatic heterocycles. The molecule has 0 spiro atoms. The van der Waals surface area contributed by atoms with Gasteiger partial charge in [-0.1, -0.05) is 0 Å². The predicted molar refractivity (Wildman–Crippen MR) is 116 cm³/mol. The van der Waals surface area contributed by atoms with E-state index in [-0.39, 0.29) is 36.4 Å². The Hall–Kier alpha value is -3.79. The third kappa shape index (κ3) is 5.53. The minimum absolute atomic E-state index is 0.0196. The minimum atomic E-state index is -0.664. The predicted octanol–water partition coefficient (Wildman–Crippen LogP) is 3.72. The number of carbonyl (C=O) groups excluding carboxylic acids is 2. The van der Waals surface area contributed by atoms with Gasteiger partial charge in [-0.3, -0.25) is 4.79 Å². The van der Waals surface area contributed by atoms with Gasteiger partial charge < -0.3 is 24.9 Å². The Labute approximate surface area is 189 Å². The highest BCUT2D eigenvalue weighted by atomic mass is 19.1. The number of benzene rings is 1. The second-order valence-electron chi connectivity index (χ2n) is 7.65. The first-order chi connectivity index (χ1) is 15.9. The van der Waals surface area contributed by atoms with E-state index in [1.54, 1.807) is 25.1 Å². The summed E-state index contributed by atoms with van der Waals surface area (Å²) < 4.78 is 25.7. The number of aromatic nitrogens is 2. The van der Waals surface area contributed by atoms with Crippen molar-refractivity contribution in [3.8, 4) is 17.2 Å². The molecule has 172 valence electrons. The van der Waals surface area contributed by atoms with Crippen molar-refractivity contribution >= 4 is 17.5 Å². The lowest BCUT2D eigenvalue weighted by Gasteiger charge is -2.12. The number of aliphatic hydroxyl groups is 1. The zero-order valence-corrected chi connectivity index (χ0v) is 17.9. The van der Waals surface area contributed by atoms with Crippen molar-refractivity contribution in [2.45, 2.75) is 25.9 Å². The molecule has 2 amide bonds. The van der Waals surface area contributed by atoms with Crippen LogP contribution in [-0.2, 0) is 0 Å². The van der Waals surface area contributed by atoms with E-state index in [1.165, 1.54) is 24.6 Å². The standard InChI is InChI=1S/C23H23FN4O5/c1-13(33-16-5-7-19(26-11-16)21(30)14-2-3-14)20-12-32-22(27-20)15-4-6-18(17(24)10-15)28-23(31)25-8-9-29/h4-7,10-14,29H,2-3,8-9H2,1H3,(H2,25,28,31). The van der Waals surface area contributed by atoms with Gasteiger partial charge in [-0.05, 0) is 50.1 Å². The van der Waals surface area contributed by atoms with Gasteiger partial charge in [-0.15, -0.1) is 0 Å². The molecule has 2 heterocycles. The molecule has 9 nitrogen and oxygen atoms in total. The third-order valence-corrected chi connectivity index (χ3v) is 5.05. The van der Waals surface area contributed by atoms with Gasteiger partial charge in [-0.25, -0.2) is 19.2 Å². The van der Waals surface area contributed by atoms with Crippen LogP contribution in [0.2, 0.25) is 0 Å². The summed E-state index contributed by atoms with van der Waals surface area (Å²) in [5, 5.41) is 13.4. The number of amides is 2. The first-order valence-corrected chi connectivity index (χ1v) is 10.5. The number of oxazole rings is 1. The number of aliphatic hydroxyl groups excluding tert-OH is 1. The van der Waals surface area contributed by atoms with Crippen LogP contribution in [0, 0.1) is 11.7 Å². The molecule has 3 aromatic rings. The highest BCUT2D eigenvalue weighted by Crippen LogP contribution is 2.32. The van der Waals surface area contributed by atoms with Gasteiger partial charge in [-0.2, -0.15) is 0 Å². The van der Waals surface area contributed by atoms with Gasteiger partial charge >= 0.3 is 6.03 Å². The number of hydrogen-bond acceptors (Lipinski definition) is 7. The molecule has 0 saturated heterocycles. The Morgan fingerprint density at radius 3 is 2.79 bits per heavy atom. The Balaban J connectivity index is 1.39. The molecule has 1 unspecified atom stereocenters. The van der Waals surface area contributed by atoms with Crippen molar-refractivity contribution in [1.82, 2.24) is 15.3 Å². The number of nitrogens with zero attached hydrogens (tertiary/aromatic N) is 2. The summed E-state index contributed by atoms with van der Waals surface area (Å²) in [6.45, 7) is 1.62. The number of halogens is 1. The van der Waals surface area contributed by atoms with Gasteiger partial charge in [0.15, 0.2) is 5.78 Å². The van der Waals surface area contributed by atoms with Crippen LogP contribution in [-0.4, -0.2) is 40.0 Å². The third-order valence-electron chi connectivity index (χ3n) is 5.05. The molecule has 1 saturated carbocycles. The normalized spacial score (nSPS) is 13.9. The van der Waals surface area contributed by atoms with Crippen LogP contribution in [0.15, 0.2) is 47.2 Å². The van der Waals surface area contributed by atoms with Crippen molar-refractivity contribution < 1.29 is 28.2 Å². The number of pyridine rings is 1. The van der Waals surface area contributed by atoms with E-state index in [9.17, 15) is 14.0 Å². The van der Waals surface area contributed by atoms with Crippen molar-refractivity contribution in [3.05, 3.63) is 60.0 Å². The maximum Gasteiger partial charge on any atom is 0.319 e. The van der Waals surface area contributed by atoms with Crippen molar-refractivity contribution in [2.24, 2.45) is 5.92 Å². The van der Waals surface area contributed by atoms with Gasteiger partial charge in [0, 0.05) is 18.0 Å². The molecule has 3 N–H and O–H groups in total. The fourth-order valence-corrected chi connectivity index (χ4v) is 3.11. The van der Waals surface area contributed by atoms with E-state index < -0.39 is 18.0 Å². The molecule has 0 bridgehead atoms. The minimum Gasteiger partial charge on any atom is -0.483 e. The monoisotopic (exact) mass is 454 g/mol. The molecular weight excluding hydrogens is 431 g/mol. The zero-order chi connectivity index (χ0) is 23.4. The Kier molecular flexibility index (Phi) is 6.64. The lowest BCUT2D eigenvalue weighted by molar-refractivity contribution is 0.0962. The summed E-state index contributed by atoms with van der Waals surface area (Å²) in [5.74, 6) is 0.187. The Morgan fingerprint density at radius 2 is 2.12 bits per heavy atom. The summed E-state index contributed by atoms with van der Waals surface area (Å²) in [5.41, 5.74) is 1.30. The van der Waals surface area contributed by atoms with Gasteiger partial charge in [0.1, 0.15) is 35.3 Å². The highest BCUT2D eigenvalue weighted by Gasteiger charge is 2.31. The van der Waals surface area contributed by atoms with E-state index in [0.717, 1.165) is 12.8 Å². The molecule has 1 aromatic carbocycles.